The highest BCUT2D eigenvalue weighted by Crippen LogP contribution is 2.30. The minimum absolute atomic E-state index is 0.575. The normalized spacial score (nSPS) is 11.0. The minimum Gasteiger partial charge on any atom is -0.319 e. The summed E-state index contributed by atoms with van der Waals surface area (Å²) < 4.78 is 0. The van der Waals surface area contributed by atoms with Crippen molar-refractivity contribution in [3.63, 3.8) is 0 Å². The molecule has 0 amide bonds. The topological polar surface area (TPSA) is 12.0 Å². The molecule has 0 aliphatic carbocycles. The minimum atomic E-state index is 0.575. The molecule has 0 unspecified atom stereocenters. The van der Waals surface area contributed by atoms with Gasteiger partial charge in [-0.3, -0.25) is 0 Å². The van der Waals surface area contributed by atoms with E-state index in [1.165, 1.54) is 10.5 Å². The number of hydrogen-bond acceptors (Lipinski definition) is 2. The summed E-state index contributed by atoms with van der Waals surface area (Å²) in [4.78, 5) is 1.18. The summed E-state index contributed by atoms with van der Waals surface area (Å²) in [6.45, 7) is 5.35. The quantitative estimate of drug-likeness (QED) is 0.794. The predicted molar refractivity (Wildman–Crippen MR) is 70.1 cm³/mol. The zero-order chi connectivity index (χ0) is 11.3. The van der Waals surface area contributed by atoms with Gasteiger partial charge in [0.2, 0.25) is 0 Å². The van der Waals surface area contributed by atoms with Crippen LogP contribution in [0.5, 0.6) is 0 Å². The summed E-state index contributed by atoms with van der Waals surface area (Å²) in [7, 11) is 1.96. The van der Waals surface area contributed by atoms with Gasteiger partial charge in [0, 0.05) is 10.1 Å². The van der Waals surface area contributed by atoms with Crippen LogP contribution in [0.25, 0.3) is 0 Å². The van der Waals surface area contributed by atoms with Crippen LogP contribution in [0.2, 0.25) is 5.02 Å². The molecular weight excluding hydrogens is 226 g/mol. The Kier molecular flexibility index (Phi) is 5.51. The molecule has 0 saturated heterocycles. The van der Waals surface area contributed by atoms with Crippen molar-refractivity contribution in [3.8, 4) is 0 Å². The van der Waals surface area contributed by atoms with E-state index >= 15 is 0 Å². The summed E-state index contributed by atoms with van der Waals surface area (Å²) >= 11 is 8.02. The van der Waals surface area contributed by atoms with Crippen molar-refractivity contribution in [1.82, 2.24) is 5.32 Å². The van der Waals surface area contributed by atoms with E-state index in [1.54, 1.807) is 0 Å². The Morgan fingerprint density at radius 3 is 2.67 bits per heavy atom. The van der Waals surface area contributed by atoms with Gasteiger partial charge in [0.15, 0.2) is 0 Å². The number of thioether (sulfide) groups is 1. The molecule has 1 nitrogen and oxygen atoms in total. The summed E-state index contributed by atoms with van der Waals surface area (Å²) in [5.74, 6) is 0. The number of rotatable bonds is 5. The Morgan fingerprint density at radius 2 is 2.13 bits per heavy atom. The Morgan fingerprint density at radius 1 is 1.40 bits per heavy atom. The van der Waals surface area contributed by atoms with Crippen LogP contribution in [0.15, 0.2) is 23.1 Å². The van der Waals surface area contributed by atoms with E-state index in [0.29, 0.717) is 5.25 Å². The van der Waals surface area contributed by atoms with Gasteiger partial charge in [-0.25, -0.2) is 0 Å². The SMILES string of the molecule is CNCCc1ccc(SC(C)C)c(Cl)c1. The number of nitrogens with one attached hydrogen (secondary N) is 1. The van der Waals surface area contributed by atoms with E-state index in [9.17, 15) is 0 Å². The molecule has 0 saturated carbocycles. The maximum absolute atomic E-state index is 6.21. The molecule has 1 rings (SSSR count). The van der Waals surface area contributed by atoms with Crippen LogP contribution in [0.3, 0.4) is 0 Å². The van der Waals surface area contributed by atoms with Gasteiger partial charge >= 0.3 is 0 Å². The van der Waals surface area contributed by atoms with Crippen LogP contribution in [0.4, 0.5) is 0 Å². The fraction of sp³-hybridized carbons (Fsp3) is 0.500. The van der Waals surface area contributed by atoms with E-state index in [2.05, 4.69) is 37.4 Å². The third kappa shape index (κ3) is 4.45. The molecule has 0 spiro atoms. The third-order valence-electron chi connectivity index (χ3n) is 2.02. The highest BCUT2D eigenvalue weighted by molar-refractivity contribution is 8.00. The average Bonchev–Trinajstić information content (AvgIpc) is 2.18. The van der Waals surface area contributed by atoms with Crippen molar-refractivity contribution in [3.05, 3.63) is 28.8 Å². The highest BCUT2D eigenvalue weighted by atomic mass is 35.5. The Bertz CT molecular complexity index is 312. The molecule has 84 valence electrons. The van der Waals surface area contributed by atoms with E-state index in [-0.39, 0.29) is 0 Å². The summed E-state index contributed by atoms with van der Waals surface area (Å²) in [6.07, 6.45) is 1.03. The zero-order valence-corrected chi connectivity index (χ0v) is 11.1. The summed E-state index contributed by atoms with van der Waals surface area (Å²) in [6, 6.07) is 6.36. The molecule has 0 aliphatic rings. The molecule has 1 aromatic rings. The molecule has 0 aliphatic heterocycles. The number of halogens is 1. The lowest BCUT2D eigenvalue weighted by Crippen LogP contribution is -2.10. The molecule has 0 bridgehead atoms. The largest absolute Gasteiger partial charge is 0.319 e. The fourth-order valence-corrected chi connectivity index (χ4v) is 2.48. The Hall–Kier alpha value is -0.180. The standard InChI is InChI=1S/C12H18ClNS/c1-9(2)15-12-5-4-10(6-7-14-3)8-11(12)13/h4-5,8-9,14H,6-7H2,1-3H3. The monoisotopic (exact) mass is 243 g/mol. The first kappa shape index (κ1) is 12.9. The predicted octanol–water partition coefficient (Wildman–Crippen LogP) is 3.60. The van der Waals surface area contributed by atoms with Gasteiger partial charge < -0.3 is 5.32 Å². The Balaban J connectivity index is 2.70. The van der Waals surface area contributed by atoms with Gasteiger partial charge in [-0.2, -0.15) is 0 Å². The first-order valence-electron chi connectivity index (χ1n) is 5.23. The van der Waals surface area contributed by atoms with Gasteiger partial charge in [-0.1, -0.05) is 31.5 Å². The molecule has 0 fully saturated rings. The summed E-state index contributed by atoms with van der Waals surface area (Å²) in [5, 5.41) is 4.59. The third-order valence-corrected chi connectivity index (χ3v) is 3.53. The van der Waals surface area contributed by atoms with Crippen molar-refractivity contribution < 1.29 is 0 Å². The second kappa shape index (κ2) is 6.41. The van der Waals surface area contributed by atoms with Crippen LogP contribution in [0.1, 0.15) is 19.4 Å². The van der Waals surface area contributed by atoms with Crippen LogP contribution in [0, 0.1) is 0 Å². The lowest BCUT2D eigenvalue weighted by Gasteiger charge is -2.08. The average molecular weight is 244 g/mol. The molecule has 3 heteroatoms. The first-order valence-corrected chi connectivity index (χ1v) is 6.49. The lowest BCUT2D eigenvalue weighted by atomic mass is 10.1. The van der Waals surface area contributed by atoms with Gasteiger partial charge in [0.1, 0.15) is 0 Å². The van der Waals surface area contributed by atoms with Crippen molar-refractivity contribution in [2.24, 2.45) is 0 Å². The van der Waals surface area contributed by atoms with E-state index in [1.807, 2.05) is 18.8 Å². The van der Waals surface area contributed by atoms with E-state index in [0.717, 1.165) is 18.0 Å². The molecule has 1 aromatic carbocycles. The number of likely N-dealkylation sites (N-methyl/N-ethyl adjacent to an activating group) is 1. The van der Waals surface area contributed by atoms with E-state index < -0.39 is 0 Å². The molecule has 15 heavy (non-hydrogen) atoms. The van der Waals surface area contributed by atoms with Crippen molar-refractivity contribution >= 4 is 23.4 Å². The zero-order valence-electron chi connectivity index (χ0n) is 9.51. The molecule has 0 radical (unpaired) electrons. The van der Waals surface area contributed by atoms with Crippen molar-refractivity contribution in [1.29, 1.82) is 0 Å². The van der Waals surface area contributed by atoms with Crippen LogP contribution < -0.4 is 5.32 Å². The van der Waals surface area contributed by atoms with E-state index in [4.69, 9.17) is 11.6 Å². The Labute approximate surface area is 102 Å². The number of benzene rings is 1. The second-order valence-corrected chi connectivity index (χ2v) is 5.81. The molecule has 0 heterocycles. The van der Waals surface area contributed by atoms with Crippen molar-refractivity contribution in [2.45, 2.75) is 30.4 Å². The maximum Gasteiger partial charge on any atom is 0.0544 e. The molecular formula is C12H18ClNS. The summed E-state index contributed by atoms with van der Waals surface area (Å²) in [5.41, 5.74) is 1.29. The second-order valence-electron chi connectivity index (χ2n) is 3.78. The number of hydrogen-bond donors (Lipinski definition) is 1. The van der Waals surface area contributed by atoms with Gasteiger partial charge in [0.25, 0.3) is 0 Å². The van der Waals surface area contributed by atoms with Crippen LogP contribution in [-0.4, -0.2) is 18.8 Å². The first-order chi connectivity index (χ1) is 7.13. The van der Waals surface area contributed by atoms with Crippen molar-refractivity contribution in [2.75, 3.05) is 13.6 Å². The van der Waals surface area contributed by atoms with Gasteiger partial charge in [-0.05, 0) is 37.7 Å². The van der Waals surface area contributed by atoms with Crippen LogP contribution in [-0.2, 0) is 6.42 Å². The lowest BCUT2D eigenvalue weighted by molar-refractivity contribution is 0.791. The molecule has 0 atom stereocenters. The maximum atomic E-state index is 6.21. The molecule has 1 N–H and O–H groups in total. The molecule has 0 aromatic heterocycles. The van der Waals surface area contributed by atoms with Crippen LogP contribution >= 0.6 is 23.4 Å². The highest BCUT2D eigenvalue weighted by Gasteiger charge is 2.04. The van der Waals surface area contributed by atoms with Gasteiger partial charge in [-0.15, -0.1) is 11.8 Å². The van der Waals surface area contributed by atoms with Gasteiger partial charge in [0.05, 0.1) is 5.02 Å². The fourth-order valence-electron chi connectivity index (χ4n) is 1.32. The smallest absolute Gasteiger partial charge is 0.0544 e.